The van der Waals surface area contributed by atoms with E-state index in [-0.39, 0.29) is 5.56 Å². The molecular formula is C31H27N5O2S. The van der Waals surface area contributed by atoms with Crippen molar-refractivity contribution in [3.05, 3.63) is 111 Å². The zero-order valence-corrected chi connectivity index (χ0v) is 22.6. The van der Waals surface area contributed by atoms with Gasteiger partial charge >= 0.3 is 0 Å². The van der Waals surface area contributed by atoms with Gasteiger partial charge in [-0.1, -0.05) is 72.7 Å². The fraction of sp³-hybridized carbons (Fsp3) is 0.161. The molecule has 3 aromatic carbocycles. The number of nitrogens with zero attached hydrogens (tertiary/aromatic N) is 5. The normalized spacial score (nSPS) is 11.9. The molecule has 0 aliphatic rings. The zero-order valence-electron chi connectivity index (χ0n) is 21.7. The van der Waals surface area contributed by atoms with Crippen molar-refractivity contribution in [2.45, 2.75) is 26.7 Å². The van der Waals surface area contributed by atoms with Crippen molar-refractivity contribution in [2.24, 2.45) is 0 Å². The van der Waals surface area contributed by atoms with E-state index < -0.39 is 0 Å². The van der Waals surface area contributed by atoms with Gasteiger partial charge in [-0.15, -0.1) is 5.10 Å². The molecule has 0 aliphatic heterocycles. The van der Waals surface area contributed by atoms with Crippen LogP contribution in [0.2, 0.25) is 0 Å². The van der Waals surface area contributed by atoms with E-state index >= 15 is 0 Å². The number of ether oxygens (including phenoxy) is 1. The molecular weight excluding hydrogens is 506 g/mol. The maximum Gasteiger partial charge on any atom is 0.291 e. The average molecular weight is 534 g/mol. The van der Waals surface area contributed by atoms with Crippen LogP contribution in [0, 0.1) is 6.92 Å². The number of aryl methyl sites for hydroxylation is 1. The van der Waals surface area contributed by atoms with Gasteiger partial charge in [-0.05, 0) is 55.8 Å². The molecule has 0 atom stereocenters. The molecule has 0 spiro atoms. The van der Waals surface area contributed by atoms with Crippen LogP contribution in [0.25, 0.3) is 39.4 Å². The molecule has 6 aromatic rings. The number of fused-ring (bicyclic) bond motifs is 1. The molecule has 39 heavy (non-hydrogen) atoms. The Balaban J connectivity index is 1.37. The lowest BCUT2D eigenvalue weighted by molar-refractivity contribution is 0.309. The predicted octanol–water partition coefficient (Wildman–Crippen LogP) is 5.71. The lowest BCUT2D eigenvalue weighted by atomic mass is 10.1. The second-order valence-corrected chi connectivity index (χ2v) is 10.4. The number of hydrogen-bond acceptors (Lipinski definition) is 6. The van der Waals surface area contributed by atoms with Crippen LogP contribution in [0.3, 0.4) is 0 Å². The van der Waals surface area contributed by atoms with Crippen molar-refractivity contribution >= 4 is 22.4 Å². The summed E-state index contributed by atoms with van der Waals surface area (Å²) < 4.78 is 9.52. The molecule has 7 nitrogen and oxygen atoms in total. The quantitative estimate of drug-likeness (QED) is 0.235. The lowest BCUT2D eigenvalue weighted by Crippen LogP contribution is -2.23. The molecule has 0 amide bonds. The smallest absolute Gasteiger partial charge is 0.291 e. The van der Waals surface area contributed by atoms with Crippen LogP contribution < -0.4 is 14.8 Å². The maximum atomic E-state index is 13.3. The first-order chi connectivity index (χ1) is 19.1. The van der Waals surface area contributed by atoms with E-state index in [1.54, 1.807) is 0 Å². The first-order valence-corrected chi connectivity index (χ1v) is 13.8. The molecule has 0 aliphatic carbocycles. The molecule has 0 bridgehead atoms. The Morgan fingerprint density at radius 3 is 2.38 bits per heavy atom. The van der Waals surface area contributed by atoms with Crippen LogP contribution in [0.15, 0.2) is 89.9 Å². The number of benzene rings is 3. The summed E-state index contributed by atoms with van der Waals surface area (Å²) in [6.45, 7) is 4.89. The van der Waals surface area contributed by atoms with Gasteiger partial charge in [-0.3, -0.25) is 4.79 Å². The highest BCUT2D eigenvalue weighted by Gasteiger charge is 2.15. The highest BCUT2D eigenvalue weighted by atomic mass is 32.1. The highest BCUT2D eigenvalue weighted by Crippen LogP contribution is 2.25. The van der Waals surface area contributed by atoms with Crippen molar-refractivity contribution in [3.8, 4) is 34.1 Å². The summed E-state index contributed by atoms with van der Waals surface area (Å²) in [5, 5.41) is 9.39. The Bertz CT molecular complexity index is 1840. The van der Waals surface area contributed by atoms with Gasteiger partial charge in [0, 0.05) is 22.9 Å². The molecule has 6 rings (SSSR count). The molecule has 0 saturated carbocycles. The van der Waals surface area contributed by atoms with E-state index in [4.69, 9.17) is 9.84 Å². The summed E-state index contributed by atoms with van der Waals surface area (Å²) in [5.74, 6) is 1.33. The van der Waals surface area contributed by atoms with Gasteiger partial charge in [-0.25, -0.2) is 4.68 Å². The Labute approximate surface area is 229 Å². The molecule has 3 aromatic heterocycles. The second-order valence-electron chi connectivity index (χ2n) is 9.35. The summed E-state index contributed by atoms with van der Waals surface area (Å²) in [6, 6.07) is 25.8. The first-order valence-electron chi connectivity index (χ1n) is 13.0. The van der Waals surface area contributed by atoms with Crippen molar-refractivity contribution < 1.29 is 4.74 Å². The van der Waals surface area contributed by atoms with Gasteiger partial charge in [0.15, 0.2) is 5.82 Å². The average Bonchev–Trinajstić information content (AvgIpc) is 3.65. The zero-order chi connectivity index (χ0) is 26.8. The predicted molar refractivity (Wildman–Crippen MR) is 155 cm³/mol. The minimum Gasteiger partial charge on any atom is -0.494 e. The van der Waals surface area contributed by atoms with E-state index in [1.807, 2.05) is 71.6 Å². The van der Waals surface area contributed by atoms with Crippen LogP contribution in [0.5, 0.6) is 5.75 Å². The van der Waals surface area contributed by atoms with Crippen LogP contribution in [-0.4, -0.2) is 31.0 Å². The van der Waals surface area contributed by atoms with Crippen LogP contribution in [0.1, 0.15) is 30.9 Å². The number of para-hydroxylation sites is 1. The Morgan fingerprint density at radius 1 is 0.923 bits per heavy atom. The summed E-state index contributed by atoms with van der Waals surface area (Å²) >= 11 is 1.32. The molecule has 194 valence electrons. The van der Waals surface area contributed by atoms with E-state index in [1.165, 1.54) is 21.4 Å². The molecule has 0 unspecified atom stereocenters. The number of unbranched alkanes of at least 4 members (excludes halogenated alkanes) is 1. The van der Waals surface area contributed by atoms with Gasteiger partial charge in [0.05, 0.1) is 22.5 Å². The lowest BCUT2D eigenvalue weighted by Gasteiger charge is -2.05. The fourth-order valence-corrected chi connectivity index (χ4v) is 5.17. The first kappa shape index (κ1) is 24.8. The van der Waals surface area contributed by atoms with E-state index in [0.717, 1.165) is 46.7 Å². The fourth-order valence-electron chi connectivity index (χ4n) is 4.27. The van der Waals surface area contributed by atoms with Crippen LogP contribution in [0.4, 0.5) is 0 Å². The van der Waals surface area contributed by atoms with Crippen molar-refractivity contribution in [1.29, 1.82) is 0 Å². The van der Waals surface area contributed by atoms with Gasteiger partial charge in [-0.2, -0.15) is 14.6 Å². The number of hydrogen-bond donors (Lipinski definition) is 0. The number of rotatable bonds is 8. The van der Waals surface area contributed by atoms with Gasteiger partial charge in [0.1, 0.15) is 5.75 Å². The largest absolute Gasteiger partial charge is 0.494 e. The monoisotopic (exact) mass is 533 g/mol. The summed E-state index contributed by atoms with van der Waals surface area (Å²) in [6.07, 6.45) is 5.95. The SMILES string of the molecule is CCCCOc1ccc(-c2nc3sc(=Cc4cn(-c5ccccc5)nc4-c4ccc(C)cc4)c(=O)n3n2)cc1. The minimum atomic E-state index is -0.199. The summed E-state index contributed by atoms with van der Waals surface area (Å²) in [5.41, 5.74) is 5.40. The maximum absolute atomic E-state index is 13.3. The Kier molecular flexibility index (Phi) is 6.77. The van der Waals surface area contributed by atoms with Gasteiger partial charge in [0.2, 0.25) is 4.96 Å². The Hall–Kier alpha value is -4.56. The number of aromatic nitrogens is 5. The summed E-state index contributed by atoms with van der Waals surface area (Å²) in [7, 11) is 0. The van der Waals surface area contributed by atoms with Gasteiger partial charge in [0.25, 0.3) is 5.56 Å². The molecule has 0 N–H and O–H groups in total. The van der Waals surface area contributed by atoms with Gasteiger partial charge < -0.3 is 4.74 Å². The third kappa shape index (κ3) is 5.11. The van der Waals surface area contributed by atoms with E-state index in [2.05, 4.69) is 48.2 Å². The molecule has 8 heteroatoms. The van der Waals surface area contributed by atoms with E-state index in [0.29, 0.717) is 21.9 Å². The summed E-state index contributed by atoms with van der Waals surface area (Å²) in [4.78, 5) is 18.5. The molecule has 0 radical (unpaired) electrons. The molecule has 0 fully saturated rings. The molecule has 3 heterocycles. The van der Waals surface area contributed by atoms with Crippen LogP contribution in [-0.2, 0) is 0 Å². The van der Waals surface area contributed by atoms with Crippen molar-refractivity contribution in [2.75, 3.05) is 6.61 Å². The second kappa shape index (κ2) is 10.7. The standard InChI is InChI=1S/C31H27N5O2S/c1-3-4-18-38-26-16-14-23(15-17-26)29-32-31-36(34-29)30(37)27(39-31)19-24-20-35(25-8-6-5-7-9-25)33-28(24)22-12-10-21(2)11-13-22/h5-17,19-20H,3-4,18H2,1-2H3. The third-order valence-corrected chi connectivity index (χ3v) is 7.40. The van der Waals surface area contributed by atoms with Crippen molar-refractivity contribution in [3.63, 3.8) is 0 Å². The van der Waals surface area contributed by atoms with Crippen molar-refractivity contribution in [1.82, 2.24) is 24.4 Å². The Morgan fingerprint density at radius 2 is 1.67 bits per heavy atom. The third-order valence-electron chi connectivity index (χ3n) is 6.44. The highest BCUT2D eigenvalue weighted by molar-refractivity contribution is 7.15. The topological polar surface area (TPSA) is 74.3 Å². The minimum absolute atomic E-state index is 0.199. The van der Waals surface area contributed by atoms with Crippen LogP contribution >= 0.6 is 11.3 Å². The van der Waals surface area contributed by atoms with E-state index in [9.17, 15) is 4.79 Å². The number of thiazole rings is 1. The molecule has 0 saturated heterocycles.